The molecule has 1 aliphatic heterocycles. The number of ether oxygens (including phenoxy) is 2. The van der Waals surface area contributed by atoms with Gasteiger partial charge < -0.3 is 29.9 Å². The molecule has 0 saturated carbocycles. The molecule has 0 aliphatic carbocycles. The van der Waals surface area contributed by atoms with Gasteiger partial charge in [0.25, 0.3) is 5.69 Å². The van der Waals surface area contributed by atoms with Gasteiger partial charge in [0, 0.05) is 6.07 Å². The lowest BCUT2D eigenvalue weighted by molar-refractivity contribution is -0.385. The first-order valence-electron chi connectivity index (χ1n) is 6.15. The summed E-state index contributed by atoms with van der Waals surface area (Å²) in [5.74, 6) is 0.0496. The normalized spacial score (nSPS) is 32.7. The molecule has 0 aromatic heterocycles. The summed E-state index contributed by atoms with van der Waals surface area (Å²) in [5, 5.41) is 48.7. The van der Waals surface area contributed by atoms with Crippen molar-refractivity contribution in [1.29, 1.82) is 0 Å². The van der Waals surface area contributed by atoms with Crippen molar-refractivity contribution in [3.63, 3.8) is 0 Å². The minimum absolute atomic E-state index is 0.0496. The smallest absolute Gasteiger partial charge is 0.273 e. The number of nitro groups is 1. The summed E-state index contributed by atoms with van der Waals surface area (Å²) in [5.41, 5.74) is -0.211. The molecule has 1 aromatic carbocycles. The van der Waals surface area contributed by atoms with Crippen LogP contribution in [0.2, 0.25) is 0 Å². The van der Waals surface area contributed by atoms with E-state index in [-0.39, 0.29) is 11.4 Å². The molecule has 0 spiro atoms. The zero-order valence-corrected chi connectivity index (χ0v) is 10.8. The van der Waals surface area contributed by atoms with Gasteiger partial charge in [-0.3, -0.25) is 10.1 Å². The van der Waals surface area contributed by atoms with Gasteiger partial charge in [-0.05, 0) is 6.07 Å². The van der Waals surface area contributed by atoms with E-state index in [1.807, 2.05) is 0 Å². The Kier molecular flexibility index (Phi) is 4.70. The lowest BCUT2D eigenvalue weighted by Gasteiger charge is -2.39. The summed E-state index contributed by atoms with van der Waals surface area (Å²) in [7, 11) is 0. The van der Waals surface area contributed by atoms with Gasteiger partial charge in [0.2, 0.25) is 6.29 Å². The van der Waals surface area contributed by atoms with Crippen LogP contribution >= 0.6 is 0 Å². The maximum Gasteiger partial charge on any atom is 0.273 e. The molecule has 9 nitrogen and oxygen atoms in total. The lowest BCUT2D eigenvalue weighted by atomic mass is 9.99. The Morgan fingerprint density at radius 3 is 2.57 bits per heavy atom. The highest BCUT2D eigenvalue weighted by molar-refractivity contribution is 5.38. The number of hydrogen-bond donors (Lipinski definition) is 4. The number of hydrogen-bond acceptors (Lipinski definition) is 8. The Balaban J connectivity index is 2.14. The van der Waals surface area contributed by atoms with E-state index in [1.54, 1.807) is 0 Å². The lowest BCUT2D eigenvalue weighted by Crippen LogP contribution is -2.60. The molecule has 0 amide bonds. The highest BCUT2D eigenvalue weighted by Crippen LogP contribution is 2.26. The molecule has 4 N–H and O–H groups in total. The third-order valence-corrected chi connectivity index (χ3v) is 3.13. The van der Waals surface area contributed by atoms with Crippen LogP contribution < -0.4 is 4.74 Å². The zero-order valence-electron chi connectivity index (χ0n) is 10.8. The predicted octanol–water partition coefficient (Wildman–Crippen LogP) is -1.23. The van der Waals surface area contributed by atoms with E-state index < -0.39 is 42.2 Å². The summed E-state index contributed by atoms with van der Waals surface area (Å²) in [6.07, 6.45) is -7.11. The van der Waals surface area contributed by atoms with Crippen molar-refractivity contribution in [2.75, 3.05) is 6.61 Å². The maximum atomic E-state index is 10.7. The number of non-ortho nitro benzene ring substituents is 1. The fourth-order valence-corrected chi connectivity index (χ4v) is 1.97. The Bertz CT molecular complexity index is 508. The SMILES string of the molecule is O=[N+]([O-])c1cccc(O[C@H]2O[C@@H](CO)[C@@H](O)[C@H](O)[C@@H]2O)c1. The van der Waals surface area contributed by atoms with Gasteiger partial charge in [-0.1, -0.05) is 6.07 Å². The Morgan fingerprint density at radius 1 is 1.24 bits per heavy atom. The van der Waals surface area contributed by atoms with Gasteiger partial charge >= 0.3 is 0 Å². The molecular formula is C12H15NO8. The number of rotatable bonds is 4. The summed E-state index contributed by atoms with van der Waals surface area (Å²) in [6, 6.07) is 5.19. The average Bonchev–Trinajstić information content (AvgIpc) is 2.48. The van der Waals surface area contributed by atoms with Crippen molar-refractivity contribution in [2.24, 2.45) is 0 Å². The molecule has 116 valence electrons. The van der Waals surface area contributed by atoms with Gasteiger partial charge in [0.05, 0.1) is 17.6 Å². The van der Waals surface area contributed by atoms with Gasteiger partial charge in [-0.15, -0.1) is 0 Å². The van der Waals surface area contributed by atoms with Crippen molar-refractivity contribution >= 4 is 5.69 Å². The fraction of sp³-hybridized carbons (Fsp3) is 0.500. The van der Waals surface area contributed by atoms with Gasteiger partial charge in [0.15, 0.2) is 0 Å². The molecule has 0 bridgehead atoms. The van der Waals surface area contributed by atoms with E-state index in [0.717, 1.165) is 6.07 Å². The molecule has 2 rings (SSSR count). The molecule has 5 atom stereocenters. The Labute approximate surface area is 119 Å². The first-order chi connectivity index (χ1) is 9.93. The summed E-state index contributed by atoms with van der Waals surface area (Å²) in [6.45, 7) is -0.584. The van der Waals surface area contributed by atoms with Gasteiger partial charge in [-0.2, -0.15) is 0 Å². The van der Waals surface area contributed by atoms with E-state index >= 15 is 0 Å². The molecule has 1 aliphatic rings. The summed E-state index contributed by atoms with van der Waals surface area (Å²) < 4.78 is 10.4. The highest BCUT2D eigenvalue weighted by Gasteiger charge is 2.44. The van der Waals surface area contributed by atoms with Crippen LogP contribution in [0.5, 0.6) is 5.75 Å². The summed E-state index contributed by atoms with van der Waals surface area (Å²) >= 11 is 0. The van der Waals surface area contributed by atoms with E-state index in [1.165, 1.54) is 18.2 Å². The Hall–Kier alpha value is -1.78. The quantitative estimate of drug-likeness (QED) is 0.400. The summed E-state index contributed by atoms with van der Waals surface area (Å²) in [4.78, 5) is 10.1. The minimum atomic E-state index is -1.57. The monoisotopic (exact) mass is 301 g/mol. The van der Waals surface area contributed by atoms with Crippen LogP contribution in [-0.2, 0) is 4.74 Å². The molecule has 1 aromatic rings. The fourth-order valence-electron chi connectivity index (χ4n) is 1.97. The number of nitrogens with zero attached hydrogens (tertiary/aromatic N) is 1. The van der Waals surface area contributed by atoms with Crippen molar-refractivity contribution < 1.29 is 34.8 Å². The molecule has 1 heterocycles. The third-order valence-electron chi connectivity index (χ3n) is 3.13. The van der Waals surface area contributed by atoms with Crippen LogP contribution in [0.4, 0.5) is 5.69 Å². The second-order valence-electron chi connectivity index (χ2n) is 4.57. The van der Waals surface area contributed by atoms with Crippen LogP contribution in [-0.4, -0.2) is 62.7 Å². The van der Waals surface area contributed by atoms with E-state index in [9.17, 15) is 25.4 Å². The predicted molar refractivity (Wildman–Crippen MR) is 67.5 cm³/mol. The second-order valence-corrected chi connectivity index (χ2v) is 4.57. The van der Waals surface area contributed by atoms with Gasteiger partial charge in [-0.25, -0.2) is 0 Å². The standard InChI is InChI=1S/C12H15NO8/c14-5-8-9(15)10(16)11(17)12(21-8)20-7-3-1-2-6(4-7)13(18)19/h1-4,8-12,14-17H,5H2/t8-,9+,10-,11-,12-/m0/s1. The largest absolute Gasteiger partial charge is 0.462 e. The van der Waals surface area contributed by atoms with Crippen LogP contribution in [0.25, 0.3) is 0 Å². The Morgan fingerprint density at radius 2 is 1.95 bits per heavy atom. The molecule has 0 radical (unpaired) electrons. The van der Waals surface area contributed by atoms with Crippen LogP contribution in [0.15, 0.2) is 24.3 Å². The average molecular weight is 301 g/mol. The molecule has 1 saturated heterocycles. The number of aliphatic hydroxyl groups is 4. The topological polar surface area (TPSA) is 143 Å². The minimum Gasteiger partial charge on any atom is -0.462 e. The van der Waals surface area contributed by atoms with E-state index in [2.05, 4.69) is 0 Å². The van der Waals surface area contributed by atoms with Crippen molar-refractivity contribution in [3.05, 3.63) is 34.4 Å². The molecular weight excluding hydrogens is 286 g/mol. The van der Waals surface area contributed by atoms with Crippen LogP contribution in [0, 0.1) is 10.1 Å². The second kappa shape index (κ2) is 6.33. The van der Waals surface area contributed by atoms with Crippen LogP contribution in [0.3, 0.4) is 0 Å². The van der Waals surface area contributed by atoms with E-state index in [4.69, 9.17) is 14.6 Å². The van der Waals surface area contributed by atoms with Crippen molar-refractivity contribution in [1.82, 2.24) is 0 Å². The zero-order chi connectivity index (χ0) is 15.6. The molecule has 1 fully saturated rings. The van der Waals surface area contributed by atoms with Gasteiger partial charge in [0.1, 0.15) is 30.2 Å². The van der Waals surface area contributed by atoms with Crippen LogP contribution in [0.1, 0.15) is 0 Å². The number of benzene rings is 1. The van der Waals surface area contributed by atoms with Crippen molar-refractivity contribution in [2.45, 2.75) is 30.7 Å². The third kappa shape index (κ3) is 3.28. The van der Waals surface area contributed by atoms with Crippen molar-refractivity contribution in [3.8, 4) is 5.75 Å². The first kappa shape index (κ1) is 15.6. The molecule has 9 heteroatoms. The maximum absolute atomic E-state index is 10.7. The number of nitro benzene ring substituents is 1. The highest BCUT2D eigenvalue weighted by atomic mass is 16.7. The number of aliphatic hydroxyl groups excluding tert-OH is 4. The first-order valence-corrected chi connectivity index (χ1v) is 6.15. The molecule has 21 heavy (non-hydrogen) atoms. The molecule has 0 unspecified atom stereocenters. The van der Waals surface area contributed by atoms with E-state index in [0.29, 0.717) is 0 Å².